The number of hydrogen-bond donors (Lipinski definition) is 5. The molecule has 0 fully saturated rings. The molecule has 5 aliphatic rings. The molecule has 0 atom stereocenters. The topological polar surface area (TPSA) is 186 Å². The van der Waals surface area contributed by atoms with Crippen LogP contribution in [0.25, 0.3) is 39.0 Å². The lowest BCUT2D eigenvalue weighted by Crippen LogP contribution is -2.31. The number of anilines is 4. The van der Waals surface area contributed by atoms with Crippen molar-refractivity contribution < 1.29 is 24.3 Å². The van der Waals surface area contributed by atoms with Crippen molar-refractivity contribution in [2.45, 2.75) is 134 Å². The van der Waals surface area contributed by atoms with Gasteiger partial charge in [0.15, 0.2) is 0 Å². The summed E-state index contributed by atoms with van der Waals surface area (Å²) in [6.07, 6.45) is 29.9. The number of aliphatic imine (C=N–C) groups is 4. The molecule has 5 aliphatic heterocycles. The number of carbonyl (C=O) groups excluding carboxylic acids is 4. The summed E-state index contributed by atoms with van der Waals surface area (Å²) in [5, 5.41) is 22.8. The van der Waals surface area contributed by atoms with Crippen molar-refractivity contribution in [1.29, 1.82) is 0 Å². The Bertz CT molecular complexity index is 3770. The second-order valence-electron chi connectivity index (χ2n) is 26.4. The number of nitrogens with zero attached hydrogens (tertiary/aromatic N) is 4. The van der Waals surface area contributed by atoms with Crippen LogP contribution in [0.3, 0.4) is 0 Å². The van der Waals surface area contributed by atoms with Gasteiger partial charge in [0.1, 0.15) is 0 Å². The van der Waals surface area contributed by atoms with Gasteiger partial charge in [-0.3, -0.25) is 19.2 Å². The summed E-state index contributed by atoms with van der Waals surface area (Å²) in [5.74, 6) is -0.892. The number of benzene rings is 4. The average molecular weight is 1150 g/mol. The van der Waals surface area contributed by atoms with Crippen molar-refractivity contribution in [3.63, 3.8) is 0 Å². The Labute approximate surface area is 507 Å². The number of aliphatic hydroxyl groups is 1. The summed E-state index contributed by atoms with van der Waals surface area (Å²) >= 11 is 0. The van der Waals surface area contributed by atoms with Gasteiger partial charge in [0.05, 0.1) is 51.3 Å². The van der Waals surface area contributed by atoms with Gasteiger partial charge in [0, 0.05) is 84.3 Å². The molecule has 0 saturated heterocycles. The third kappa shape index (κ3) is 14.7. The second-order valence-corrected chi connectivity index (χ2v) is 26.4. The minimum Gasteiger partial charge on any atom is -0.396 e. The van der Waals surface area contributed by atoms with E-state index in [9.17, 15) is 19.5 Å². The van der Waals surface area contributed by atoms with E-state index in [-0.39, 0.29) is 30.2 Å². The Morgan fingerprint density at radius 3 is 1.34 bits per heavy atom. The maximum atomic E-state index is 15.9. The van der Waals surface area contributed by atoms with Crippen molar-refractivity contribution in [1.82, 2.24) is 0 Å². The van der Waals surface area contributed by atoms with Crippen LogP contribution in [0.5, 0.6) is 0 Å². The number of fused-ring (bicyclic) bond motifs is 4. The zero-order valence-electron chi connectivity index (χ0n) is 51.8. The van der Waals surface area contributed by atoms with E-state index in [0.29, 0.717) is 108 Å². The van der Waals surface area contributed by atoms with Crippen molar-refractivity contribution in [2.24, 2.45) is 41.6 Å². The van der Waals surface area contributed by atoms with Crippen LogP contribution in [-0.4, -0.2) is 58.2 Å². The van der Waals surface area contributed by atoms with Gasteiger partial charge >= 0.3 is 0 Å². The van der Waals surface area contributed by atoms with Crippen LogP contribution in [0.15, 0.2) is 188 Å². The van der Waals surface area contributed by atoms with Crippen molar-refractivity contribution in [3.05, 3.63) is 174 Å². The molecule has 0 aromatic heterocycles. The number of unbranched alkanes of at least 4 members (excludes halogenated alkanes) is 7. The number of nitrogens with one attached hydrogen (secondary N) is 4. The van der Waals surface area contributed by atoms with Gasteiger partial charge in [-0.05, 0) is 110 Å². The molecule has 0 spiro atoms. The highest BCUT2D eigenvalue weighted by molar-refractivity contribution is 6.35. The molecular weight excluding hydrogens is 1070 g/mol. The molecule has 0 unspecified atom stereocenters. The molecule has 0 radical (unpaired) electrons. The van der Waals surface area contributed by atoms with Gasteiger partial charge < -0.3 is 26.4 Å². The van der Waals surface area contributed by atoms with Crippen molar-refractivity contribution in [2.75, 3.05) is 27.9 Å². The molecule has 4 aromatic carbocycles. The first-order valence-corrected chi connectivity index (χ1v) is 30.2. The van der Waals surface area contributed by atoms with Crippen molar-refractivity contribution >= 4 is 74.8 Å². The molecule has 4 aromatic rings. The quantitative estimate of drug-likeness (QED) is 0.0584. The number of aliphatic hydroxyl groups excluding tert-OH is 1. The fraction of sp³-hybridized carbons (Fsp3) is 0.342. The van der Waals surface area contributed by atoms with E-state index in [1.807, 2.05) is 216 Å². The Balaban J connectivity index is 1.41. The Hall–Kier alpha value is -8.68. The van der Waals surface area contributed by atoms with Crippen molar-refractivity contribution in [3.8, 4) is 33.4 Å². The predicted octanol–water partition coefficient (Wildman–Crippen LogP) is 16.5. The van der Waals surface area contributed by atoms with Gasteiger partial charge in [-0.25, -0.2) is 20.0 Å². The highest BCUT2D eigenvalue weighted by Gasteiger charge is 2.36. The fourth-order valence-corrected chi connectivity index (χ4v) is 10.5. The molecule has 0 aliphatic carbocycles. The highest BCUT2D eigenvalue weighted by Crippen LogP contribution is 2.54. The first kappa shape index (κ1) is 61.9. The maximum absolute atomic E-state index is 15.9. The lowest BCUT2D eigenvalue weighted by atomic mass is 9.79. The summed E-state index contributed by atoms with van der Waals surface area (Å²) < 4.78 is 0. The van der Waals surface area contributed by atoms with E-state index in [0.717, 1.165) is 62.8 Å². The summed E-state index contributed by atoms with van der Waals surface area (Å²) in [4.78, 5) is 79.6. The molecule has 13 nitrogen and oxygen atoms in total. The molecule has 5 heterocycles. The summed E-state index contributed by atoms with van der Waals surface area (Å²) in [7, 11) is 0. The molecule has 0 saturated carbocycles. The van der Waals surface area contributed by atoms with E-state index in [1.54, 1.807) is 0 Å². The van der Waals surface area contributed by atoms with Gasteiger partial charge in [-0.2, -0.15) is 0 Å². The maximum Gasteiger partial charge on any atom is 0.230 e. The third-order valence-corrected chi connectivity index (χ3v) is 15.6. The number of para-hydroxylation sites is 3. The molecular formula is C73H82N8O5. The molecule has 13 heteroatoms. The SMILES string of the molecule is CC(C)(C)C(=O)Nc1ccccc1-c1cc(C2=C3C=CC(=N3)C=C3C=CC(=N3)C=C3C=CC(=N3)C=C3C=CC2=N3)c(NC(=O)C(C)(C)CCCCCCCCCCO)c(-c2ccccc2NC(=O)C(C)(C)C)c1-c1ccccc1NC(=O)C(C)(C)C. The van der Waals surface area contributed by atoms with Crippen LogP contribution >= 0.6 is 0 Å². The predicted molar refractivity (Wildman–Crippen MR) is 356 cm³/mol. The average Bonchev–Trinajstić information content (AvgIpc) is 1.10. The standard InChI is InChI=1S/C73H82N8O5/c1-70(2,3)66(83)78-57-29-21-18-26-52(57)55-45-56(63-60-38-36-50(76-60)43-48-34-32-46(74-48)42-47-33-35-49(75-47)44-51-37-39-61(63)77-51)65(81-69(86)73(10,11)40-24-16-14-12-13-15-17-25-41-82)64(54-28-20-23-31-59(54)80-68(85)72(7,8)9)62(55)53-27-19-22-30-58(53)79-67(84)71(4,5)6/h18-23,26-39,42-45,82H,12-17,24-25,40-41H2,1-11H3,(H,78,83)(H,79,84)(H,80,85)(H,81,86). The zero-order valence-corrected chi connectivity index (χ0v) is 51.8. The van der Waals surface area contributed by atoms with E-state index in [2.05, 4.69) is 27.3 Å². The summed E-state index contributed by atoms with van der Waals surface area (Å²) in [6, 6.07) is 24.9. The molecule has 9 rings (SSSR count). The van der Waals surface area contributed by atoms with E-state index >= 15 is 4.79 Å². The largest absolute Gasteiger partial charge is 0.396 e. The Kier molecular flexibility index (Phi) is 18.6. The zero-order chi connectivity index (χ0) is 61.6. The lowest BCUT2D eigenvalue weighted by molar-refractivity contribution is -0.124. The molecule has 444 valence electrons. The van der Waals surface area contributed by atoms with Gasteiger partial charge in [-0.15, -0.1) is 0 Å². The number of rotatable bonds is 19. The number of allylic oxidation sites excluding steroid dienone is 12. The number of hydrogen-bond acceptors (Lipinski definition) is 9. The minimum absolute atomic E-state index is 0.207. The fourth-order valence-electron chi connectivity index (χ4n) is 10.5. The molecule has 8 bridgehead atoms. The van der Waals surface area contributed by atoms with Gasteiger partial charge in [-0.1, -0.05) is 176 Å². The van der Waals surface area contributed by atoms with Crippen LogP contribution in [0, 0.1) is 21.7 Å². The van der Waals surface area contributed by atoms with Crippen LogP contribution in [0.4, 0.5) is 22.7 Å². The molecule has 5 N–H and O–H groups in total. The molecule has 86 heavy (non-hydrogen) atoms. The lowest BCUT2D eigenvalue weighted by Gasteiger charge is -2.31. The van der Waals surface area contributed by atoms with Crippen LogP contribution in [0.1, 0.15) is 140 Å². The third-order valence-electron chi connectivity index (χ3n) is 15.6. The summed E-state index contributed by atoms with van der Waals surface area (Å²) in [5.41, 5.74) is 8.61. The highest BCUT2D eigenvalue weighted by atomic mass is 16.3. The van der Waals surface area contributed by atoms with Crippen LogP contribution in [0.2, 0.25) is 0 Å². The van der Waals surface area contributed by atoms with Gasteiger partial charge in [0.2, 0.25) is 23.6 Å². The smallest absolute Gasteiger partial charge is 0.230 e. The van der Waals surface area contributed by atoms with Crippen LogP contribution in [-0.2, 0) is 19.2 Å². The van der Waals surface area contributed by atoms with Crippen LogP contribution < -0.4 is 21.3 Å². The van der Waals surface area contributed by atoms with E-state index in [1.165, 1.54) is 0 Å². The van der Waals surface area contributed by atoms with Gasteiger partial charge in [0.25, 0.3) is 0 Å². The normalized spacial score (nSPS) is 15.4. The Morgan fingerprint density at radius 2 is 0.826 bits per heavy atom. The Morgan fingerprint density at radius 1 is 0.407 bits per heavy atom. The molecule has 4 amide bonds. The van der Waals surface area contributed by atoms with E-state index in [4.69, 9.17) is 20.0 Å². The first-order valence-electron chi connectivity index (χ1n) is 30.2. The monoisotopic (exact) mass is 1150 g/mol. The minimum atomic E-state index is -0.905. The number of amides is 4. The summed E-state index contributed by atoms with van der Waals surface area (Å²) in [6.45, 7) is 21.0. The number of carbonyl (C=O) groups is 4. The first-order chi connectivity index (χ1) is 40.9. The second kappa shape index (κ2) is 25.9. The van der Waals surface area contributed by atoms with E-state index < -0.39 is 21.7 Å².